The van der Waals surface area contributed by atoms with E-state index in [1.54, 1.807) is 12.3 Å². The van der Waals surface area contributed by atoms with E-state index in [9.17, 15) is 4.39 Å². The van der Waals surface area contributed by atoms with Crippen molar-refractivity contribution < 1.29 is 4.39 Å². The van der Waals surface area contributed by atoms with Crippen molar-refractivity contribution in [3.63, 3.8) is 0 Å². The summed E-state index contributed by atoms with van der Waals surface area (Å²) in [6.45, 7) is 8.98. The van der Waals surface area contributed by atoms with Gasteiger partial charge >= 0.3 is 0 Å². The molecule has 108 valence electrons. The quantitative estimate of drug-likeness (QED) is 0.926. The van der Waals surface area contributed by atoms with Crippen molar-refractivity contribution in [3.8, 4) is 5.69 Å². The number of benzene rings is 1. The SMILES string of the molecule is CCc1nccn1-c1ccc(F)cc1CNC(C)(C)C. The van der Waals surface area contributed by atoms with Crippen LogP contribution in [-0.4, -0.2) is 15.1 Å². The lowest BCUT2D eigenvalue weighted by atomic mass is 10.1. The van der Waals surface area contributed by atoms with Crippen molar-refractivity contribution in [2.75, 3.05) is 0 Å². The van der Waals surface area contributed by atoms with Gasteiger partial charge in [0.25, 0.3) is 0 Å². The van der Waals surface area contributed by atoms with Crippen molar-refractivity contribution in [1.82, 2.24) is 14.9 Å². The van der Waals surface area contributed by atoms with Crippen molar-refractivity contribution in [2.24, 2.45) is 0 Å². The summed E-state index contributed by atoms with van der Waals surface area (Å²) in [7, 11) is 0. The topological polar surface area (TPSA) is 29.9 Å². The molecule has 4 heteroatoms. The second-order valence-corrected chi connectivity index (χ2v) is 5.94. The second kappa shape index (κ2) is 5.75. The summed E-state index contributed by atoms with van der Waals surface area (Å²) < 4.78 is 15.6. The fraction of sp³-hybridized carbons (Fsp3) is 0.438. The maximum Gasteiger partial charge on any atom is 0.123 e. The standard InChI is InChI=1S/C16H22FN3/c1-5-15-18-8-9-20(15)14-7-6-13(17)10-12(14)11-19-16(2,3)4/h6-10,19H,5,11H2,1-4H3. The zero-order valence-corrected chi connectivity index (χ0v) is 12.6. The Kier molecular flexibility index (Phi) is 4.23. The largest absolute Gasteiger partial charge is 0.308 e. The number of nitrogens with zero attached hydrogens (tertiary/aromatic N) is 2. The molecule has 0 atom stereocenters. The number of rotatable bonds is 4. The van der Waals surface area contributed by atoms with Gasteiger partial charge in [0, 0.05) is 30.9 Å². The molecule has 0 saturated heterocycles. The molecule has 0 radical (unpaired) electrons. The number of aryl methyl sites for hydroxylation is 1. The third-order valence-electron chi connectivity index (χ3n) is 3.14. The molecule has 20 heavy (non-hydrogen) atoms. The Labute approximate surface area is 119 Å². The van der Waals surface area contributed by atoms with Gasteiger partial charge < -0.3 is 9.88 Å². The lowest BCUT2D eigenvalue weighted by molar-refractivity contribution is 0.423. The average molecular weight is 275 g/mol. The predicted octanol–water partition coefficient (Wildman–Crippen LogP) is 3.46. The van der Waals surface area contributed by atoms with Crippen LogP contribution in [0.3, 0.4) is 0 Å². The van der Waals surface area contributed by atoms with E-state index >= 15 is 0 Å². The fourth-order valence-electron chi connectivity index (χ4n) is 2.11. The van der Waals surface area contributed by atoms with Crippen LogP contribution < -0.4 is 5.32 Å². The molecule has 1 heterocycles. The van der Waals surface area contributed by atoms with Crippen LogP contribution >= 0.6 is 0 Å². The van der Waals surface area contributed by atoms with Crippen molar-refractivity contribution >= 4 is 0 Å². The first-order valence-corrected chi connectivity index (χ1v) is 6.97. The average Bonchev–Trinajstić information content (AvgIpc) is 2.83. The molecule has 0 unspecified atom stereocenters. The van der Waals surface area contributed by atoms with Crippen LogP contribution in [0.25, 0.3) is 5.69 Å². The highest BCUT2D eigenvalue weighted by Gasteiger charge is 2.13. The summed E-state index contributed by atoms with van der Waals surface area (Å²) >= 11 is 0. The van der Waals surface area contributed by atoms with Gasteiger partial charge in [0.05, 0.1) is 5.69 Å². The van der Waals surface area contributed by atoms with Crippen molar-refractivity contribution in [3.05, 3.63) is 47.8 Å². The maximum atomic E-state index is 13.5. The van der Waals surface area contributed by atoms with Gasteiger partial charge in [-0.05, 0) is 44.5 Å². The van der Waals surface area contributed by atoms with Crippen LogP contribution in [0.5, 0.6) is 0 Å². The molecule has 1 N–H and O–H groups in total. The van der Waals surface area contributed by atoms with Gasteiger partial charge in [0.2, 0.25) is 0 Å². The first kappa shape index (κ1) is 14.7. The smallest absolute Gasteiger partial charge is 0.123 e. The molecule has 0 fully saturated rings. The van der Waals surface area contributed by atoms with Crippen LogP contribution in [0.15, 0.2) is 30.6 Å². The van der Waals surface area contributed by atoms with Gasteiger partial charge in [0.15, 0.2) is 0 Å². The molecule has 0 bridgehead atoms. The van der Waals surface area contributed by atoms with E-state index in [0.717, 1.165) is 23.5 Å². The van der Waals surface area contributed by atoms with E-state index in [1.807, 2.05) is 16.8 Å². The molecule has 0 saturated carbocycles. The molecule has 0 spiro atoms. The Bertz CT molecular complexity index is 582. The molecule has 3 nitrogen and oxygen atoms in total. The first-order chi connectivity index (χ1) is 9.40. The highest BCUT2D eigenvalue weighted by molar-refractivity contribution is 5.42. The monoisotopic (exact) mass is 275 g/mol. The Morgan fingerprint density at radius 1 is 1.30 bits per heavy atom. The number of halogens is 1. The number of hydrogen-bond acceptors (Lipinski definition) is 2. The maximum absolute atomic E-state index is 13.5. The summed E-state index contributed by atoms with van der Waals surface area (Å²) in [5.74, 6) is 0.770. The van der Waals surface area contributed by atoms with Gasteiger partial charge in [-0.25, -0.2) is 9.37 Å². The van der Waals surface area contributed by atoms with E-state index in [1.165, 1.54) is 6.07 Å². The summed E-state index contributed by atoms with van der Waals surface area (Å²) in [6, 6.07) is 4.90. The summed E-state index contributed by atoms with van der Waals surface area (Å²) in [5, 5.41) is 3.40. The van der Waals surface area contributed by atoms with Crippen LogP contribution in [0.2, 0.25) is 0 Å². The normalized spacial score (nSPS) is 11.8. The Morgan fingerprint density at radius 2 is 2.05 bits per heavy atom. The Balaban J connectivity index is 2.38. The van der Waals surface area contributed by atoms with E-state index in [4.69, 9.17) is 0 Å². The number of hydrogen-bond donors (Lipinski definition) is 1. The Hall–Kier alpha value is -1.68. The molecule has 1 aromatic heterocycles. The van der Waals surface area contributed by atoms with Gasteiger partial charge in [-0.3, -0.25) is 0 Å². The Morgan fingerprint density at radius 3 is 2.70 bits per heavy atom. The fourth-order valence-corrected chi connectivity index (χ4v) is 2.11. The predicted molar refractivity (Wildman–Crippen MR) is 79.5 cm³/mol. The second-order valence-electron chi connectivity index (χ2n) is 5.94. The minimum atomic E-state index is -0.211. The zero-order valence-electron chi connectivity index (χ0n) is 12.6. The van der Waals surface area contributed by atoms with Gasteiger partial charge in [-0.1, -0.05) is 6.92 Å². The van der Waals surface area contributed by atoms with Gasteiger partial charge in [-0.15, -0.1) is 0 Å². The van der Waals surface area contributed by atoms with E-state index in [0.29, 0.717) is 6.54 Å². The van der Waals surface area contributed by atoms with Crippen LogP contribution in [0.4, 0.5) is 4.39 Å². The van der Waals surface area contributed by atoms with E-state index in [-0.39, 0.29) is 11.4 Å². The third kappa shape index (κ3) is 3.45. The summed E-state index contributed by atoms with van der Waals surface area (Å²) in [4.78, 5) is 4.33. The lowest BCUT2D eigenvalue weighted by Gasteiger charge is -2.22. The molecule has 0 amide bonds. The molecular formula is C16H22FN3. The van der Waals surface area contributed by atoms with Gasteiger partial charge in [-0.2, -0.15) is 0 Å². The van der Waals surface area contributed by atoms with Crippen molar-refractivity contribution in [1.29, 1.82) is 0 Å². The highest BCUT2D eigenvalue weighted by atomic mass is 19.1. The molecule has 0 aliphatic heterocycles. The highest BCUT2D eigenvalue weighted by Crippen LogP contribution is 2.19. The minimum absolute atomic E-state index is 0.00783. The molecule has 1 aromatic carbocycles. The minimum Gasteiger partial charge on any atom is -0.308 e. The van der Waals surface area contributed by atoms with E-state index in [2.05, 4.69) is 38.0 Å². The summed E-state index contributed by atoms with van der Waals surface area (Å²) in [5.41, 5.74) is 1.91. The molecule has 2 aromatic rings. The molecule has 0 aliphatic rings. The van der Waals surface area contributed by atoms with Crippen molar-refractivity contribution in [2.45, 2.75) is 46.2 Å². The lowest BCUT2D eigenvalue weighted by Crippen LogP contribution is -2.35. The number of nitrogens with one attached hydrogen (secondary N) is 1. The first-order valence-electron chi connectivity index (χ1n) is 6.97. The number of imidazole rings is 1. The van der Waals surface area contributed by atoms with E-state index < -0.39 is 0 Å². The van der Waals surface area contributed by atoms with Gasteiger partial charge in [0.1, 0.15) is 11.6 Å². The molecule has 0 aliphatic carbocycles. The zero-order chi connectivity index (χ0) is 14.8. The molecule has 2 rings (SSSR count). The van der Waals surface area contributed by atoms with Crippen LogP contribution in [-0.2, 0) is 13.0 Å². The van der Waals surface area contributed by atoms with Crippen LogP contribution in [0, 0.1) is 5.82 Å². The van der Waals surface area contributed by atoms with Crippen LogP contribution in [0.1, 0.15) is 39.1 Å². The summed E-state index contributed by atoms with van der Waals surface area (Å²) in [6.07, 6.45) is 4.55. The molecular weight excluding hydrogens is 253 g/mol. The number of aromatic nitrogens is 2. The third-order valence-corrected chi connectivity index (χ3v) is 3.14.